The average Bonchev–Trinajstić information content (AvgIpc) is 3.25. The van der Waals surface area contributed by atoms with Crippen LogP contribution in [0.1, 0.15) is 36.9 Å². The van der Waals surface area contributed by atoms with Crippen LogP contribution in [0.4, 0.5) is 5.82 Å². The van der Waals surface area contributed by atoms with Gasteiger partial charge in [-0.3, -0.25) is 14.3 Å². The molecule has 0 aliphatic carbocycles. The van der Waals surface area contributed by atoms with Gasteiger partial charge in [0.25, 0.3) is 0 Å². The zero-order valence-corrected chi connectivity index (χ0v) is 17.3. The Hall–Kier alpha value is -3.15. The molecule has 11 nitrogen and oxygen atoms in total. The summed E-state index contributed by atoms with van der Waals surface area (Å²) in [4.78, 5) is 44.2. The maximum absolute atomic E-state index is 12.4. The van der Waals surface area contributed by atoms with Crippen LogP contribution in [-0.4, -0.2) is 52.0 Å². The molecule has 0 spiro atoms. The second kappa shape index (κ2) is 10.2. The monoisotopic (exact) mass is 431 g/mol. The van der Waals surface area contributed by atoms with Crippen LogP contribution < -0.4 is 16.7 Å². The molecule has 3 N–H and O–H groups in total. The van der Waals surface area contributed by atoms with Gasteiger partial charge in [0.05, 0.1) is 18.2 Å². The van der Waals surface area contributed by atoms with Crippen LogP contribution in [0.5, 0.6) is 0 Å². The molecule has 11 heteroatoms. The number of carbonyl (C=O) groups is 2. The number of nitrogens with two attached hydrogens (primary N) is 1. The van der Waals surface area contributed by atoms with E-state index in [0.717, 1.165) is 6.42 Å². The minimum absolute atomic E-state index is 0.00593. The van der Waals surface area contributed by atoms with Crippen molar-refractivity contribution in [3.8, 4) is 0 Å². The number of ether oxygens (including phenoxy) is 3. The number of rotatable bonds is 8. The summed E-state index contributed by atoms with van der Waals surface area (Å²) in [6, 6.07) is 3.98. The van der Waals surface area contributed by atoms with Crippen LogP contribution in [0.2, 0.25) is 0 Å². The molecule has 0 radical (unpaired) electrons. The lowest BCUT2D eigenvalue weighted by atomic mass is 9.99. The number of aromatic nitrogens is 3. The fraction of sp³-hybridized carbons (Fsp3) is 0.450. The fourth-order valence-electron chi connectivity index (χ4n) is 2.81. The Labute approximate surface area is 178 Å². The number of hydrogen-bond acceptors (Lipinski definition) is 9. The summed E-state index contributed by atoms with van der Waals surface area (Å²) in [7, 11) is 0. The van der Waals surface area contributed by atoms with Crippen molar-refractivity contribution in [3.05, 3.63) is 52.8 Å². The van der Waals surface area contributed by atoms with Crippen molar-refractivity contribution in [2.75, 3.05) is 18.5 Å². The molecule has 1 unspecified atom stereocenters. The third-order valence-electron chi connectivity index (χ3n) is 4.93. The normalized spacial score (nSPS) is 20.1. The molecule has 1 saturated heterocycles. The van der Waals surface area contributed by atoms with Crippen molar-refractivity contribution < 1.29 is 23.8 Å². The quantitative estimate of drug-likeness (QED) is 0.576. The molecule has 0 bridgehead atoms. The Bertz CT molecular complexity index is 966. The standard InChI is InChI=1S/C20H25N5O6/c1-3-12(2)17(21)18(26)23-14-6-8-25(20(28)24-14)15-10-29-16(31-15)11-30-19(27)13-5-4-7-22-9-13/h4-9,12,15-17H,3,10-11,21H2,1-2H3,(H,23,24,26,28)/t12?,15-,16-,17-/m0/s1. The largest absolute Gasteiger partial charge is 0.457 e. The second-order valence-electron chi connectivity index (χ2n) is 7.10. The molecule has 1 amide bonds. The van der Waals surface area contributed by atoms with Gasteiger partial charge in [0.15, 0.2) is 12.5 Å². The van der Waals surface area contributed by atoms with Crippen molar-refractivity contribution in [2.24, 2.45) is 11.7 Å². The molecule has 3 heterocycles. The molecule has 0 aromatic carbocycles. The highest BCUT2D eigenvalue weighted by Gasteiger charge is 2.29. The summed E-state index contributed by atoms with van der Waals surface area (Å²) in [5, 5.41) is 2.55. The Morgan fingerprint density at radius 3 is 2.90 bits per heavy atom. The SMILES string of the molecule is CCC(C)[C@H](N)C(=O)Nc1ccn([C@@H]2CO[C@H](COC(=O)c3cccnc3)O2)c(=O)n1. The van der Waals surface area contributed by atoms with Gasteiger partial charge in [-0.15, -0.1) is 0 Å². The molecular formula is C20H25N5O6. The molecule has 1 aliphatic rings. The summed E-state index contributed by atoms with van der Waals surface area (Å²) < 4.78 is 17.4. The predicted octanol–water partition coefficient (Wildman–Crippen LogP) is 0.679. The van der Waals surface area contributed by atoms with Gasteiger partial charge in [0.2, 0.25) is 5.91 Å². The number of nitrogens with one attached hydrogen (secondary N) is 1. The van der Waals surface area contributed by atoms with E-state index in [4.69, 9.17) is 19.9 Å². The van der Waals surface area contributed by atoms with Crippen LogP contribution in [0.15, 0.2) is 41.6 Å². The van der Waals surface area contributed by atoms with Gasteiger partial charge in [-0.2, -0.15) is 4.98 Å². The lowest BCUT2D eigenvalue weighted by Crippen LogP contribution is -2.41. The lowest BCUT2D eigenvalue weighted by Gasteiger charge is -2.18. The molecule has 1 fully saturated rings. The smallest absolute Gasteiger partial charge is 0.351 e. The maximum atomic E-state index is 12.4. The minimum Gasteiger partial charge on any atom is -0.457 e. The number of pyridine rings is 1. The van der Waals surface area contributed by atoms with E-state index in [0.29, 0.717) is 5.56 Å². The van der Waals surface area contributed by atoms with E-state index in [-0.39, 0.29) is 24.9 Å². The van der Waals surface area contributed by atoms with E-state index in [1.54, 1.807) is 18.3 Å². The Morgan fingerprint density at radius 1 is 1.42 bits per heavy atom. The lowest BCUT2D eigenvalue weighted by molar-refractivity contribution is -0.118. The summed E-state index contributed by atoms with van der Waals surface area (Å²) in [6.07, 6.45) is 3.56. The van der Waals surface area contributed by atoms with Crippen molar-refractivity contribution in [2.45, 2.75) is 38.8 Å². The number of esters is 1. The van der Waals surface area contributed by atoms with Gasteiger partial charge in [-0.05, 0) is 24.1 Å². The first-order valence-corrected chi connectivity index (χ1v) is 9.89. The molecule has 3 rings (SSSR count). The third-order valence-corrected chi connectivity index (χ3v) is 4.93. The minimum atomic E-state index is -0.828. The van der Waals surface area contributed by atoms with E-state index in [9.17, 15) is 14.4 Å². The number of hydrogen-bond donors (Lipinski definition) is 2. The van der Waals surface area contributed by atoms with E-state index in [1.807, 2.05) is 13.8 Å². The van der Waals surface area contributed by atoms with E-state index < -0.39 is 36.1 Å². The molecule has 2 aromatic heterocycles. The number of nitrogens with zero attached hydrogens (tertiary/aromatic N) is 3. The summed E-state index contributed by atoms with van der Waals surface area (Å²) in [5.74, 6) is -0.868. The first kappa shape index (κ1) is 22.5. The van der Waals surface area contributed by atoms with Gasteiger partial charge in [-0.1, -0.05) is 20.3 Å². The van der Waals surface area contributed by atoms with Crippen molar-refractivity contribution in [1.29, 1.82) is 0 Å². The third kappa shape index (κ3) is 5.72. The van der Waals surface area contributed by atoms with E-state index in [2.05, 4.69) is 15.3 Å². The van der Waals surface area contributed by atoms with Gasteiger partial charge in [0, 0.05) is 18.6 Å². The van der Waals surface area contributed by atoms with Crippen LogP contribution in [-0.2, 0) is 19.0 Å². The number of carbonyl (C=O) groups excluding carboxylic acids is 2. The highest BCUT2D eigenvalue weighted by Crippen LogP contribution is 2.20. The zero-order valence-electron chi connectivity index (χ0n) is 17.3. The van der Waals surface area contributed by atoms with Gasteiger partial charge >= 0.3 is 11.7 Å². The Morgan fingerprint density at radius 2 is 2.23 bits per heavy atom. The van der Waals surface area contributed by atoms with E-state index in [1.165, 1.54) is 23.0 Å². The van der Waals surface area contributed by atoms with Crippen LogP contribution >= 0.6 is 0 Å². The molecule has 166 valence electrons. The molecule has 0 saturated carbocycles. The zero-order chi connectivity index (χ0) is 22.4. The fourth-order valence-corrected chi connectivity index (χ4v) is 2.81. The van der Waals surface area contributed by atoms with Gasteiger partial charge < -0.3 is 25.3 Å². The molecular weight excluding hydrogens is 406 g/mol. The molecule has 1 aliphatic heterocycles. The van der Waals surface area contributed by atoms with Crippen molar-refractivity contribution >= 4 is 17.7 Å². The highest BCUT2D eigenvalue weighted by atomic mass is 16.7. The van der Waals surface area contributed by atoms with Gasteiger partial charge in [0.1, 0.15) is 12.4 Å². The summed E-state index contributed by atoms with van der Waals surface area (Å²) >= 11 is 0. The first-order chi connectivity index (χ1) is 14.9. The molecule has 2 aromatic rings. The average molecular weight is 431 g/mol. The predicted molar refractivity (Wildman–Crippen MR) is 109 cm³/mol. The second-order valence-corrected chi connectivity index (χ2v) is 7.10. The van der Waals surface area contributed by atoms with Crippen molar-refractivity contribution in [3.63, 3.8) is 0 Å². The van der Waals surface area contributed by atoms with E-state index >= 15 is 0 Å². The Kier molecular flexibility index (Phi) is 7.45. The van der Waals surface area contributed by atoms with Crippen LogP contribution in [0.25, 0.3) is 0 Å². The summed E-state index contributed by atoms with van der Waals surface area (Å²) in [5.41, 5.74) is 5.57. The molecule has 31 heavy (non-hydrogen) atoms. The Balaban J connectivity index is 1.54. The van der Waals surface area contributed by atoms with Crippen LogP contribution in [0.3, 0.4) is 0 Å². The highest BCUT2D eigenvalue weighted by molar-refractivity contribution is 5.94. The van der Waals surface area contributed by atoms with Gasteiger partial charge in [-0.25, -0.2) is 9.59 Å². The van der Waals surface area contributed by atoms with Crippen LogP contribution in [0, 0.1) is 5.92 Å². The topological polar surface area (TPSA) is 148 Å². The number of anilines is 1. The van der Waals surface area contributed by atoms with Crippen molar-refractivity contribution in [1.82, 2.24) is 14.5 Å². The first-order valence-electron chi connectivity index (χ1n) is 9.89. The summed E-state index contributed by atoms with van der Waals surface area (Å²) in [6.45, 7) is 3.74. The number of amides is 1. The maximum Gasteiger partial charge on any atom is 0.351 e. The molecule has 4 atom stereocenters.